The molecule has 0 aromatic heterocycles. The van der Waals surface area contributed by atoms with Gasteiger partial charge in [-0.25, -0.2) is 0 Å². The van der Waals surface area contributed by atoms with Crippen LogP contribution < -0.4 is 0 Å². The van der Waals surface area contributed by atoms with Gasteiger partial charge in [-0.1, -0.05) is 48.9 Å². The van der Waals surface area contributed by atoms with Crippen molar-refractivity contribution in [3.8, 4) is 0 Å². The molecule has 0 saturated carbocycles. The Hall–Kier alpha value is -2.14. The molecular weight excluding hydrogens is 318 g/mol. The van der Waals surface area contributed by atoms with Crippen molar-refractivity contribution in [2.45, 2.75) is 38.5 Å². The third-order valence-corrected chi connectivity index (χ3v) is 5.39. The molecule has 1 aromatic carbocycles. The third-order valence-electron chi connectivity index (χ3n) is 5.39. The molecule has 0 N–H and O–H groups in total. The summed E-state index contributed by atoms with van der Waals surface area (Å²) in [7, 11) is 0. The lowest BCUT2D eigenvalue weighted by atomic mass is 9.77. The molecule has 132 valence electrons. The Balaban J connectivity index is 1.55. The predicted octanol–water partition coefficient (Wildman–Crippen LogP) is 2.23. The van der Waals surface area contributed by atoms with Crippen LogP contribution in [0.1, 0.15) is 24.5 Å². The minimum atomic E-state index is -0.664. The Morgan fingerprint density at radius 1 is 1.36 bits per heavy atom. The number of nitrogens with zero attached hydrogens (tertiary/aromatic N) is 1. The van der Waals surface area contributed by atoms with Crippen LogP contribution in [0.5, 0.6) is 0 Å². The number of benzene rings is 1. The smallest absolute Gasteiger partial charge is 0.312 e. The largest absolute Gasteiger partial charge is 0.465 e. The molecule has 2 saturated heterocycles. The molecule has 5 nitrogen and oxygen atoms in total. The molecule has 1 amide bonds. The fourth-order valence-electron chi connectivity index (χ4n) is 4.19. The van der Waals surface area contributed by atoms with E-state index >= 15 is 0 Å². The van der Waals surface area contributed by atoms with Crippen LogP contribution in [-0.2, 0) is 25.6 Å². The van der Waals surface area contributed by atoms with E-state index in [2.05, 4.69) is 0 Å². The molecule has 0 radical (unpaired) electrons. The summed E-state index contributed by atoms with van der Waals surface area (Å²) in [5, 5.41) is 0. The molecule has 3 aliphatic heterocycles. The SMILES string of the molecule is CCCOC(=O)[C@@H]1[C@H]2C=C[C@@]3(CN(Cc4ccc(C)cc4)C(=O)[C@@H]13)O2. The van der Waals surface area contributed by atoms with Gasteiger partial charge in [-0.05, 0) is 18.9 Å². The summed E-state index contributed by atoms with van der Waals surface area (Å²) < 4.78 is 11.4. The quantitative estimate of drug-likeness (QED) is 0.609. The Kier molecular flexibility index (Phi) is 3.91. The van der Waals surface area contributed by atoms with Crippen LogP contribution >= 0.6 is 0 Å². The van der Waals surface area contributed by atoms with Gasteiger partial charge in [0.2, 0.25) is 5.91 Å². The summed E-state index contributed by atoms with van der Waals surface area (Å²) in [6.45, 7) is 5.41. The summed E-state index contributed by atoms with van der Waals surface area (Å²) >= 11 is 0. The topological polar surface area (TPSA) is 55.8 Å². The van der Waals surface area contributed by atoms with Gasteiger partial charge in [0.25, 0.3) is 0 Å². The van der Waals surface area contributed by atoms with E-state index in [9.17, 15) is 9.59 Å². The Bertz CT molecular complexity index is 726. The van der Waals surface area contributed by atoms with Crippen molar-refractivity contribution in [3.63, 3.8) is 0 Å². The van der Waals surface area contributed by atoms with Crippen molar-refractivity contribution in [2.75, 3.05) is 13.2 Å². The molecule has 0 unspecified atom stereocenters. The molecular formula is C20H23NO4. The van der Waals surface area contributed by atoms with Crippen LogP contribution in [0, 0.1) is 18.8 Å². The van der Waals surface area contributed by atoms with Gasteiger partial charge >= 0.3 is 5.97 Å². The van der Waals surface area contributed by atoms with E-state index in [0.29, 0.717) is 19.7 Å². The van der Waals surface area contributed by atoms with E-state index < -0.39 is 17.4 Å². The van der Waals surface area contributed by atoms with Crippen LogP contribution in [0.4, 0.5) is 0 Å². The van der Waals surface area contributed by atoms with E-state index in [0.717, 1.165) is 12.0 Å². The molecule has 2 bridgehead atoms. The van der Waals surface area contributed by atoms with Crippen molar-refractivity contribution < 1.29 is 19.1 Å². The Labute approximate surface area is 147 Å². The Morgan fingerprint density at radius 2 is 2.12 bits per heavy atom. The lowest BCUT2D eigenvalue weighted by Gasteiger charge is -2.22. The van der Waals surface area contributed by atoms with E-state index in [1.807, 2.05) is 50.3 Å². The number of ether oxygens (including phenoxy) is 2. The molecule has 2 fully saturated rings. The summed E-state index contributed by atoms with van der Waals surface area (Å²) in [6, 6.07) is 8.16. The molecule has 3 heterocycles. The van der Waals surface area contributed by atoms with Crippen molar-refractivity contribution in [3.05, 3.63) is 47.5 Å². The van der Waals surface area contributed by atoms with Gasteiger partial charge < -0.3 is 14.4 Å². The fourth-order valence-corrected chi connectivity index (χ4v) is 4.19. The number of hydrogen-bond acceptors (Lipinski definition) is 4. The maximum atomic E-state index is 13.0. The molecule has 4 rings (SSSR count). The zero-order valence-corrected chi connectivity index (χ0v) is 14.6. The lowest BCUT2D eigenvalue weighted by Crippen LogP contribution is -2.40. The summed E-state index contributed by atoms with van der Waals surface area (Å²) in [6.07, 6.45) is 4.32. The summed E-state index contributed by atoms with van der Waals surface area (Å²) in [5.41, 5.74) is 1.61. The van der Waals surface area contributed by atoms with Crippen LogP contribution in [0.2, 0.25) is 0 Å². The van der Waals surface area contributed by atoms with Gasteiger partial charge in [0.05, 0.1) is 25.2 Å². The van der Waals surface area contributed by atoms with Gasteiger partial charge in [-0.15, -0.1) is 0 Å². The minimum Gasteiger partial charge on any atom is -0.465 e. The first-order valence-corrected chi connectivity index (χ1v) is 8.92. The number of carbonyl (C=O) groups excluding carboxylic acids is 2. The highest BCUT2D eigenvalue weighted by atomic mass is 16.6. The summed E-state index contributed by atoms with van der Waals surface area (Å²) in [4.78, 5) is 27.3. The maximum Gasteiger partial charge on any atom is 0.312 e. The van der Waals surface area contributed by atoms with Gasteiger partial charge in [-0.3, -0.25) is 9.59 Å². The highest BCUT2D eigenvalue weighted by Gasteiger charge is 2.67. The van der Waals surface area contributed by atoms with Gasteiger partial charge in [0.1, 0.15) is 11.5 Å². The number of fused-ring (bicyclic) bond motifs is 1. The van der Waals surface area contributed by atoms with E-state index in [-0.39, 0.29) is 18.0 Å². The van der Waals surface area contributed by atoms with E-state index in [1.54, 1.807) is 4.90 Å². The molecule has 0 aliphatic carbocycles. The highest BCUT2D eigenvalue weighted by molar-refractivity contribution is 5.91. The van der Waals surface area contributed by atoms with E-state index in [4.69, 9.17) is 9.47 Å². The number of amides is 1. The van der Waals surface area contributed by atoms with Crippen molar-refractivity contribution in [2.24, 2.45) is 11.8 Å². The lowest BCUT2D eigenvalue weighted by molar-refractivity contribution is -0.153. The average Bonchev–Trinajstić information content (AvgIpc) is 3.23. The number of esters is 1. The number of hydrogen-bond donors (Lipinski definition) is 0. The normalized spacial score (nSPS) is 32.3. The minimum absolute atomic E-state index is 0.00845. The van der Waals surface area contributed by atoms with Gasteiger partial charge in [0.15, 0.2) is 0 Å². The molecule has 4 atom stereocenters. The highest BCUT2D eigenvalue weighted by Crippen LogP contribution is 2.52. The first-order chi connectivity index (χ1) is 12.0. The molecule has 1 aromatic rings. The van der Waals surface area contributed by atoms with Crippen LogP contribution in [0.15, 0.2) is 36.4 Å². The van der Waals surface area contributed by atoms with E-state index in [1.165, 1.54) is 5.56 Å². The predicted molar refractivity (Wildman–Crippen MR) is 91.6 cm³/mol. The second-order valence-electron chi connectivity index (χ2n) is 7.25. The maximum absolute atomic E-state index is 13.0. The zero-order chi connectivity index (χ0) is 17.6. The zero-order valence-electron chi connectivity index (χ0n) is 14.6. The van der Waals surface area contributed by atoms with Gasteiger partial charge in [-0.2, -0.15) is 0 Å². The molecule has 3 aliphatic rings. The molecule has 5 heteroatoms. The second-order valence-corrected chi connectivity index (χ2v) is 7.25. The fraction of sp³-hybridized carbons (Fsp3) is 0.500. The van der Waals surface area contributed by atoms with Crippen molar-refractivity contribution in [1.82, 2.24) is 4.90 Å². The molecule has 25 heavy (non-hydrogen) atoms. The average molecular weight is 341 g/mol. The number of likely N-dealkylation sites (tertiary alicyclic amines) is 1. The second kappa shape index (κ2) is 5.99. The van der Waals surface area contributed by atoms with Crippen LogP contribution in [0.25, 0.3) is 0 Å². The first kappa shape index (κ1) is 16.3. The summed E-state index contributed by atoms with van der Waals surface area (Å²) in [5.74, 6) is -1.30. The third kappa shape index (κ3) is 2.58. The number of aryl methyl sites for hydroxylation is 1. The van der Waals surface area contributed by atoms with Gasteiger partial charge in [0, 0.05) is 6.54 Å². The number of rotatable bonds is 5. The Morgan fingerprint density at radius 3 is 2.84 bits per heavy atom. The standard InChI is InChI=1S/C20H23NO4/c1-3-10-24-19(23)16-15-8-9-20(25-15)12-21(18(22)17(16)20)11-14-6-4-13(2)5-7-14/h4-9,15-17H,3,10-12H2,1-2H3/t15-,16-,17-,20+/m1/s1. The van der Waals surface area contributed by atoms with Crippen LogP contribution in [0.3, 0.4) is 0 Å². The monoisotopic (exact) mass is 341 g/mol. The first-order valence-electron chi connectivity index (χ1n) is 8.92. The number of carbonyl (C=O) groups is 2. The van der Waals surface area contributed by atoms with Crippen molar-refractivity contribution >= 4 is 11.9 Å². The molecule has 1 spiro atoms. The van der Waals surface area contributed by atoms with Crippen LogP contribution in [-0.4, -0.2) is 41.6 Å². The van der Waals surface area contributed by atoms with Crippen molar-refractivity contribution in [1.29, 1.82) is 0 Å².